The van der Waals surface area contributed by atoms with Crippen molar-refractivity contribution in [2.24, 2.45) is 11.7 Å². The summed E-state index contributed by atoms with van der Waals surface area (Å²) in [5.41, 5.74) is 7.19. The van der Waals surface area contributed by atoms with Crippen molar-refractivity contribution in [3.8, 4) is 11.4 Å². The number of hydrogen-bond donors (Lipinski definition) is 2. The monoisotopic (exact) mass is 395 g/mol. The third-order valence-corrected chi connectivity index (χ3v) is 4.87. The lowest BCUT2D eigenvalue weighted by Gasteiger charge is -2.21. The molecule has 1 amide bonds. The summed E-state index contributed by atoms with van der Waals surface area (Å²) in [5, 5.41) is 11.7. The normalized spacial score (nSPS) is 19.4. The van der Waals surface area contributed by atoms with Crippen LogP contribution in [0.1, 0.15) is 40.0 Å². The number of carbonyl (C=O) groups is 1. The molecule has 0 saturated heterocycles. The van der Waals surface area contributed by atoms with Gasteiger partial charge in [0.05, 0.1) is 11.9 Å². The maximum Gasteiger partial charge on any atom is 0.225 e. The average molecular weight is 395 g/mol. The molecule has 9 nitrogen and oxygen atoms in total. The SMILES string of the molecule is CC(C)(C)Oc1ccc(-n2nnc3cnc(N[C@@H]4CC[C@@H](C(N)=O)C4)nc32)cc1. The molecule has 2 atom stereocenters. The van der Waals surface area contributed by atoms with Gasteiger partial charge in [-0.1, -0.05) is 5.21 Å². The molecule has 2 aromatic heterocycles. The number of hydrogen-bond acceptors (Lipinski definition) is 7. The first kappa shape index (κ1) is 19.1. The maximum absolute atomic E-state index is 11.4. The predicted molar refractivity (Wildman–Crippen MR) is 109 cm³/mol. The van der Waals surface area contributed by atoms with Gasteiger partial charge in [0, 0.05) is 12.0 Å². The van der Waals surface area contributed by atoms with Gasteiger partial charge >= 0.3 is 0 Å². The Morgan fingerprint density at radius 2 is 2.00 bits per heavy atom. The van der Waals surface area contributed by atoms with Gasteiger partial charge < -0.3 is 15.8 Å². The standard InChI is InChI=1S/C20H25N7O2/c1-20(2,3)29-15-8-6-14(7-9-15)27-18-16(25-26-27)11-22-19(24-18)23-13-5-4-12(10-13)17(21)28/h6-9,11-13H,4-5,10H2,1-3H3,(H2,21,28)(H,22,23,24)/t12-,13-/m1/s1. The van der Waals surface area contributed by atoms with Crippen molar-refractivity contribution in [3.05, 3.63) is 30.5 Å². The lowest BCUT2D eigenvalue weighted by molar-refractivity contribution is -0.121. The van der Waals surface area contributed by atoms with E-state index in [0.29, 0.717) is 23.5 Å². The third-order valence-electron chi connectivity index (χ3n) is 4.87. The predicted octanol–water partition coefficient (Wildman–Crippen LogP) is 2.45. The number of primary amides is 1. The van der Waals surface area contributed by atoms with Crippen LogP contribution in [0, 0.1) is 5.92 Å². The molecule has 1 aliphatic carbocycles. The number of benzene rings is 1. The lowest BCUT2D eigenvalue weighted by atomic mass is 10.1. The van der Waals surface area contributed by atoms with Crippen molar-refractivity contribution >= 4 is 23.0 Å². The zero-order valence-corrected chi connectivity index (χ0v) is 16.8. The molecule has 152 valence electrons. The fraction of sp³-hybridized carbons (Fsp3) is 0.450. The molecule has 0 bridgehead atoms. The third kappa shape index (κ3) is 4.28. The van der Waals surface area contributed by atoms with E-state index in [1.165, 1.54) is 0 Å². The second-order valence-corrected chi connectivity index (χ2v) is 8.37. The summed E-state index contributed by atoms with van der Waals surface area (Å²) < 4.78 is 7.54. The average Bonchev–Trinajstić information content (AvgIpc) is 3.28. The zero-order chi connectivity index (χ0) is 20.6. The molecule has 3 aromatic rings. The highest BCUT2D eigenvalue weighted by atomic mass is 16.5. The van der Waals surface area contributed by atoms with E-state index in [4.69, 9.17) is 10.5 Å². The number of rotatable bonds is 5. The van der Waals surface area contributed by atoms with Gasteiger partial charge in [0.1, 0.15) is 11.4 Å². The highest BCUT2D eigenvalue weighted by molar-refractivity contribution is 5.77. The number of nitrogens with zero attached hydrogens (tertiary/aromatic N) is 5. The smallest absolute Gasteiger partial charge is 0.225 e. The quantitative estimate of drug-likeness (QED) is 0.680. The highest BCUT2D eigenvalue weighted by Gasteiger charge is 2.28. The number of nitrogens with one attached hydrogen (secondary N) is 1. The van der Waals surface area contributed by atoms with Gasteiger partial charge in [0.15, 0.2) is 11.2 Å². The van der Waals surface area contributed by atoms with Crippen LogP contribution in [0.15, 0.2) is 30.5 Å². The van der Waals surface area contributed by atoms with E-state index in [1.54, 1.807) is 10.9 Å². The molecule has 1 fully saturated rings. The largest absolute Gasteiger partial charge is 0.488 e. The highest BCUT2D eigenvalue weighted by Crippen LogP contribution is 2.27. The molecule has 0 unspecified atom stereocenters. The summed E-state index contributed by atoms with van der Waals surface area (Å²) >= 11 is 0. The van der Waals surface area contributed by atoms with Crippen LogP contribution in [-0.2, 0) is 4.79 Å². The number of fused-ring (bicyclic) bond motifs is 1. The van der Waals surface area contributed by atoms with Crippen molar-refractivity contribution in [1.82, 2.24) is 25.0 Å². The Morgan fingerprint density at radius 3 is 2.66 bits per heavy atom. The molecule has 1 saturated carbocycles. The van der Waals surface area contributed by atoms with E-state index in [1.807, 2.05) is 45.0 Å². The van der Waals surface area contributed by atoms with Gasteiger partial charge in [0.2, 0.25) is 11.9 Å². The van der Waals surface area contributed by atoms with Crippen molar-refractivity contribution in [3.63, 3.8) is 0 Å². The molecule has 2 heterocycles. The van der Waals surface area contributed by atoms with Crippen molar-refractivity contribution in [1.29, 1.82) is 0 Å². The molecule has 29 heavy (non-hydrogen) atoms. The second kappa shape index (κ2) is 7.31. The maximum atomic E-state index is 11.4. The summed E-state index contributed by atoms with van der Waals surface area (Å²) in [7, 11) is 0. The van der Waals surface area contributed by atoms with Gasteiger partial charge in [-0.05, 0) is 64.3 Å². The fourth-order valence-electron chi connectivity index (χ4n) is 3.53. The molecule has 1 aliphatic rings. The van der Waals surface area contributed by atoms with Crippen LogP contribution >= 0.6 is 0 Å². The fourth-order valence-corrected chi connectivity index (χ4v) is 3.53. The minimum atomic E-state index is -0.261. The molecular weight excluding hydrogens is 370 g/mol. The Labute approximate surface area is 168 Å². The first-order valence-electron chi connectivity index (χ1n) is 9.72. The van der Waals surface area contributed by atoms with E-state index in [-0.39, 0.29) is 23.5 Å². The summed E-state index contributed by atoms with van der Waals surface area (Å²) in [4.78, 5) is 20.3. The second-order valence-electron chi connectivity index (χ2n) is 8.37. The Balaban J connectivity index is 1.55. The van der Waals surface area contributed by atoms with Gasteiger partial charge in [-0.15, -0.1) is 5.10 Å². The molecule has 1 aromatic carbocycles. The summed E-state index contributed by atoms with van der Waals surface area (Å²) in [6.07, 6.45) is 3.99. The number of anilines is 1. The van der Waals surface area contributed by atoms with E-state index in [0.717, 1.165) is 24.3 Å². The number of carbonyl (C=O) groups excluding carboxylic acids is 1. The van der Waals surface area contributed by atoms with E-state index in [9.17, 15) is 4.79 Å². The zero-order valence-electron chi connectivity index (χ0n) is 16.8. The van der Waals surface area contributed by atoms with Crippen LogP contribution in [0.4, 0.5) is 5.95 Å². The molecule has 0 spiro atoms. The van der Waals surface area contributed by atoms with E-state index < -0.39 is 0 Å². The van der Waals surface area contributed by atoms with Crippen LogP contribution in [0.2, 0.25) is 0 Å². The Hall–Kier alpha value is -3.23. The lowest BCUT2D eigenvalue weighted by Crippen LogP contribution is -2.23. The molecule has 0 radical (unpaired) electrons. The van der Waals surface area contributed by atoms with Crippen LogP contribution in [0.25, 0.3) is 16.9 Å². The Morgan fingerprint density at radius 1 is 1.24 bits per heavy atom. The van der Waals surface area contributed by atoms with Gasteiger partial charge in [-0.25, -0.2) is 4.98 Å². The van der Waals surface area contributed by atoms with Crippen molar-refractivity contribution in [2.75, 3.05) is 5.32 Å². The summed E-state index contributed by atoms with van der Waals surface area (Å²) in [6, 6.07) is 7.76. The van der Waals surface area contributed by atoms with Crippen LogP contribution in [0.5, 0.6) is 5.75 Å². The Bertz CT molecular complexity index is 1020. The molecule has 0 aliphatic heterocycles. The number of nitrogens with two attached hydrogens (primary N) is 1. The topological polar surface area (TPSA) is 121 Å². The van der Waals surface area contributed by atoms with E-state index in [2.05, 4.69) is 25.6 Å². The summed E-state index contributed by atoms with van der Waals surface area (Å²) in [6.45, 7) is 6.02. The van der Waals surface area contributed by atoms with Crippen LogP contribution in [-0.4, -0.2) is 42.5 Å². The van der Waals surface area contributed by atoms with Crippen molar-refractivity contribution < 1.29 is 9.53 Å². The molecule has 4 rings (SSSR count). The Kier molecular flexibility index (Phi) is 4.81. The van der Waals surface area contributed by atoms with Gasteiger partial charge in [0.25, 0.3) is 0 Å². The number of ether oxygens (including phenoxy) is 1. The van der Waals surface area contributed by atoms with E-state index >= 15 is 0 Å². The van der Waals surface area contributed by atoms with Crippen molar-refractivity contribution in [2.45, 2.75) is 51.7 Å². The number of aromatic nitrogens is 5. The first-order valence-corrected chi connectivity index (χ1v) is 9.72. The van der Waals surface area contributed by atoms with Crippen LogP contribution < -0.4 is 15.8 Å². The molecule has 3 N–H and O–H groups in total. The minimum Gasteiger partial charge on any atom is -0.488 e. The van der Waals surface area contributed by atoms with Gasteiger partial charge in [-0.2, -0.15) is 9.67 Å². The minimum absolute atomic E-state index is 0.0859. The van der Waals surface area contributed by atoms with Gasteiger partial charge in [-0.3, -0.25) is 4.79 Å². The summed E-state index contributed by atoms with van der Waals surface area (Å²) in [5.74, 6) is 0.945. The molecular formula is C20H25N7O2. The van der Waals surface area contributed by atoms with Crippen LogP contribution in [0.3, 0.4) is 0 Å². The molecule has 9 heteroatoms. The first-order chi connectivity index (χ1) is 13.8. The number of amides is 1.